The molecule has 166 valence electrons. The lowest BCUT2D eigenvalue weighted by atomic mass is 10.0. The van der Waals surface area contributed by atoms with Gasteiger partial charge >= 0.3 is 0 Å². The van der Waals surface area contributed by atoms with Gasteiger partial charge in [0.2, 0.25) is 0 Å². The number of pyridine rings is 1. The first kappa shape index (κ1) is 23.7. The number of hydrogen-bond donors (Lipinski definition) is 1. The van der Waals surface area contributed by atoms with Crippen LogP contribution in [0.25, 0.3) is 6.08 Å². The number of benzene rings is 1. The molecule has 1 amide bonds. The Balaban J connectivity index is 2.10. The molecule has 1 aliphatic heterocycles. The molecule has 2 aromatic rings. The Morgan fingerprint density at radius 2 is 2.00 bits per heavy atom. The van der Waals surface area contributed by atoms with E-state index in [-0.39, 0.29) is 17.0 Å². The summed E-state index contributed by atoms with van der Waals surface area (Å²) in [5, 5.41) is 13.0. The fourth-order valence-electron chi connectivity index (χ4n) is 3.44. The molecule has 1 saturated heterocycles. The van der Waals surface area contributed by atoms with Crippen LogP contribution in [0.1, 0.15) is 29.2 Å². The first-order valence-electron chi connectivity index (χ1n) is 10.1. The molecule has 0 radical (unpaired) electrons. The summed E-state index contributed by atoms with van der Waals surface area (Å²) in [5.41, 5.74) is 1.92. The number of hydrogen-bond acceptors (Lipinski definition) is 7. The number of amides is 1. The number of ether oxygens (including phenoxy) is 1. The normalized spacial score (nSPS) is 14.8. The van der Waals surface area contributed by atoms with Gasteiger partial charge in [-0.15, -0.1) is 0 Å². The van der Waals surface area contributed by atoms with Crippen molar-refractivity contribution in [3.63, 3.8) is 0 Å². The Labute approximate surface area is 196 Å². The van der Waals surface area contributed by atoms with Crippen molar-refractivity contribution >= 4 is 46.1 Å². The van der Waals surface area contributed by atoms with Crippen LogP contribution < -0.4 is 10.9 Å². The van der Waals surface area contributed by atoms with Gasteiger partial charge in [-0.1, -0.05) is 54.3 Å². The van der Waals surface area contributed by atoms with Crippen LogP contribution in [0.15, 0.2) is 40.0 Å². The summed E-state index contributed by atoms with van der Waals surface area (Å²) in [5.74, 6) is 0.359. The molecule has 3 rings (SSSR count). The maximum Gasteiger partial charge on any atom is 0.270 e. The lowest BCUT2D eigenvalue weighted by Gasteiger charge is -2.19. The highest BCUT2D eigenvalue weighted by Crippen LogP contribution is 2.35. The first-order chi connectivity index (χ1) is 15.4. The van der Waals surface area contributed by atoms with E-state index in [1.165, 1.54) is 21.2 Å². The van der Waals surface area contributed by atoms with E-state index >= 15 is 0 Å². The highest BCUT2D eigenvalue weighted by Gasteiger charge is 2.32. The minimum absolute atomic E-state index is 0.0678. The standard InChI is InChI=1S/C23H24N4O3S2/c1-4-26-20(25-14-16-8-6-5-7-9-16)17(15(2)18(13-24)21(26)28)12-19-22(29)27(10-11-30-3)23(31)32-19/h5-9,12,25H,4,10-11,14H2,1-3H3/b19-12+. The van der Waals surface area contributed by atoms with Gasteiger partial charge in [0.1, 0.15) is 21.8 Å². The number of nitrogens with one attached hydrogen (secondary N) is 1. The molecule has 2 heterocycles. The van der Waals surface area contributed by atoms with E-state index in [4.69, 9.17) is 17.0 Å². The average Bonchev–Trinajstić information content (AvgIpc) is 3.06. The maximum atomic E-state index is 12.9. The van der Waals surface area contributed by atoms with Crippen molar-refractivity contribution in [2.24, 2.45) is 0 Å². The molecule has 1 aliphatic rings. The first-order valence-corrected chi connectivity index (χ1v) is 11.3. The van der Waals surface area contributed by atoms with E-state index in [1.807, 2.05) is 43.3 Å². The van der Waals surface area contributed by atoms with Crippen LogP contribution >= 0.6 is 24.0 Å². The highest BCUT2D eigenvalue weighted by molar-refractivity contribution is 8.26. The second kappa shape index (κ2) is 10.6. The third-order valence-corrected chi connectivity index (χ3v) is 6.54. The summed E-state index contributed by atoms with van der Waals surface area (Å²) in [4.78, 5) is 27.8. The molecule has 0 saturated carbocycles. The number of nitrogens with zero attached hydrogens (tertiary/aromatic N) is 3. The quantitative estimate of drug-likeness (QED) is 0.469. The Morgan fingerprint density at radius 3 is 2.62 bits per heavy atom. The van der Waals surface area contributed by atoms with E-state index in [2.05, 4.69) is 5.32 Å². The molecular weight excluding hydrogens is 444 g/mol. The number of methoxy groups -OCH3 is 1. The fraction of sp³-hybridized carbons (Fsp3) is 0.304. The number of anilines is 1. The van der Waals surface area contributed by atoms with Crippen LogP contribution in [-0.4, -0.2) is 40.0 Å². The summed E-state index contributed by atoms with van der Waals surface area (Å²) in [6, 6.07) is 11.8. The third kappa shape index (κ3) is 4.78. The van der Waals surface area contributed by atoms with E-state index in [0.29, 0.717) is 52.4 Å². The van der Waals surface area contributed by atoms with Gasteiger partial charge in [-0.25, -0.2) is 0 Å². The topological polar surface area (TPSA) is 87.4 Å². The van der Waals surface area contributed by atoms with E-state index in [9.17, 15) is 14.9 Å². The number of aromatic nitrogens is 1. The fourth-order valence-corrected chi connectivity index (χ4v) is 4.73. The van der Waals surface area contributed by atoms with Crippen molar-refractivity contribution in [3.05, 3.63) is 67.8 Å². The molecule has 0 spiro atoms. The van der Waals surface area contributed by atoms with Crippen molar-refractivity contribution in [1.82, 2.24) is 9.47 Å². The van der Waals surface area contributed by atoms with Crippen LogP contribution in [-0.2, 0) is 22.6 Å². The summed E-state index contributed by atoms with van der Waals surface area (Å²) < 4.78 is 7.06. The Kier molecular flexibility index (Phi) is 7.85. The molecule has 7 nitrogen and oxygen atoms in total. The van der Waals surface area contributed by atoms with E-state index in [0.717, 1.165) is 5.56 Å². The van der Waals surface area contributed by atoms with Crippen molar-refractivity contribution in [2.45, 2.75) is 26.9 Å². The number of carbonyl (C=O) groups is 1. The van der Waals surface area contributed by atoms with Crippen LogP contribution in [0.5, 0.6) is 0 Å². The van der Waals surface area contributed by atoms with Crippen LogP contribution in [0.3, 0.4) is 0 Å². The monoisotopic (exact) mass is 468 g/mol. The zero-order valence-corrected chi connectivity index (χ0v) is 19.8. The van der Waals surface area contributed by atoms with Gasteiger partial charge in [0.05, 0.1) is 18.1 Å². The minimum Gasteiger partial charge on any atom is -0.383 e. The predicted octanol–water partition coefficient (Wildman–Crippen LogP) is 3.51. The van der Waals surface area contributed by atoms with Gasteiger partial charge in [0.15, 0.2) is 0 Å². The van der Waals surface area contributed by atoms with Gasteiger partial charge in [0, 0.05) is 25.8 Å². The Hall–Kier alpha value is -2.93. The molecule has 0 atom stereocenters. The number of carbonyl (C=O) groups excluding carboxylic acids is 1. The number of nitriles is 1. The molecule has 1 aromatic carbocycles. The van der Waals surface area contributed by atoms with Crippen LogP contribution in [0.4, 0.5) is 5.82 Å². The van der Waals surface area contributed by atoms with Crippen molar-refractivity contribution in [3.8, 4) is 6.07 Å². The molecule has 0 bridgehead atoms. The number of thiocarbonyl (C=S) groups is 1. The molecule has 0 unspecified atom stereocenters. The second-order valence-electron chi connectivity index (χ2n) is 7.09. The summed E-state index contributed by atoms with van der Waals surface area (Å²) in [6.07, 6.45) is 1.72. The zero-order chi connectivity index (χ0) is 23.3. The lowest BCUT2D eigenvalue weighted by Crippen LogP contribution is -2.31. The minimum atomic E-state index is -0.354. The van der Waals surface area contributed by atoms with Crippen molar-refractivity contribution in [2.75, 3.05) is 25.6 Å². The predicted molar refractivity (Wildman–Crippen MR) is 131 cm³/mol. The Bertz CT molecular complexity index is 1170. The highest BCUT2D eigenvalue weighted by atomic mass is 32.2. The van der Waals surface area contributed by atoms with E-state index < -0.39 is 0 Å². The van der Waals surface area contributed by atoms with Crippen molar-refractivity contribution in [1.29, 1.82) is 5.26 Å². The molecule has 9 heteroatoms. The van der Waals surface area contributed by atoms with E-state index in [1.54, 1.807) is 20.1 Å². The van der Waals surface area contributed by atoms with Gasteiger partial charge in [-0.2, -0.15) is 5.26 Å². The zero-order valence-electron chi connectivity index (χ0n) is 18.2. The molecule has 1 N–H and O–H groups in total. The molecular formula is C23H24N4O3S2. The van der Waals surface area contributed by atoms with Gasteiger partial charge < -0.3 is 10.1 Å². The maximum absolute atomic E-state index is 12.9. The van der Waals surface area contributed by atoms with Crippen LogP contribution in [0.2, 0.25) is 0 Å². The smallest absolute Gasteiger partial charge is 0.270 e. The SMILES string of the molecule is CCn1c(NCc2ccccc2)c(/C=C2/SC(=S)N(CCOC)C2=O)c(C)c(C#N)c1=O. The van der Waals surface area contributed by atoms with Gasteiger partial charge in [0.25, 0.3) is 11.5 Å². The van der Waals surface area contributed by atoms with Gasteiger partial charge in [-0.3, -0.25) is 19.1 Å². The molecule has 0 aliphatic carbocycles. The Morgan fingerprint density at radius 1 is 1.28 bits per heavy atom. The summed E-state index contributed by atoms with van der Waals surface area (Å²) in [7, 11) is 1.57. The van der Waals surface area contributed by atoms with Crippen molar-refractivity contribution < 1.29 is 9.53 Å². The average molecular weight is 469 g/mol. The second-order valence-corrected chi connectivity index (χ2v) is 8.76. The molecule has 1 aromatic heterocycles. The molecule has 1 fully saturated rings. The van der Waals surface area contributed by atoms with Crippen LogP contribution in [0, 0.1) is 18.3 Å². The molecule has 32 heavy (non-hydrogen) atoms. The number of thioether (sulfide) groups is 1. The lowest BCUT2D eigenvalue weighted by molar-refractivity contribution is -0.122. The summed E-state index contributed by atoms with van der Waals surface area (Å²) >= 11 is 6.58. The summed E-state index contributed by atoms with van der Waals surface area (Å²) in [6.45, 7) is 5.18. The third-order valence-electron chi connectivity index (χ3n) is 5.16. The van der Waals surface area contributed by atoms with Gasteiger partial charge in [-0.05, 0) is 31.1 Å². The number of rotatable bonds is 8. The largest absolute Gasteiger partial charge is 0.383 e.